The highest BCUT2D eigenvalue weighted by Crippen LogP contribution is 2.22. The zero-order valence-electron chi connectivity index (χ0n) is 12.2. The lowest BCUT2D eigenvalue weighted by atomic mass is 9.87. The van der Waals surface area contributed by atoms with Crippen molar-refractivity contribution in [3.63, 3.8) is 0 Å². The van der Waals surface area contributed by atoms with Crippen molar-refractivity contribution in [2.45, 2.75) is 39.2 Å². The van der Waals surface area contributed by atoms with E-state index >= 15 is 0 Å². The molecular weight excluding hydrogens is 236 g/mol. The summed E-state index contributed by atoms with van der Waals surface area (Å²) >= 11 is 0. The summed E-state index contributed by atoms with van der Waals surface area (Å²) in [5, 5.41) is 3.26. The van der Waals surface area contributed by atoms with Crippen molar-refractivity contribution in [2.75, 3.05) is 19.6 Å². The topological polar surface area (TPSA) is 32.3 Å². The van der Waals surface area contributed by atoms with Crippen molar-refractivity contribution >= 4 is 5.91 Å². The molecule has 2 rings (SSSR count). The molecule has 0 radical (unpaired) electrons. The maximum Gasteiger partial charge on any atom is 0.224 e. The molecule has 1 fully saturated rings. The fraction of sp³-hybridized carbons (Fsp3) is 0.562. The van der Waals surface area contributed by atoms with Crippen molar-refractivity contribution in [2.24, 2.45) is 0 Å². The summed E-state index contributed by atoms with van der Waals surface area (Å²) in [5.74, 6) is 0.255. The maximum atomic E-state index is 11.9. The first-order valence-electron chi connectivity index (χ1n) is 7.05. The van der Waals surface area contributed by atoms with Crippen molar-refractivity contribution < 1.29 is 4.79 Å². The van der Waals surface area contributed by atoms with Gasteiger partial charge in [0.05, 0.1) is 0 Å². The molecular formula is C16H24N2O. The summed E-state index contributed by atoms with van der Waals surface area (Å²) in [4.78, 5) is 13.9. The van der Waals surface area contributed by atoms with Crippen LogP contribution >= 0.6 is 0 Å². The molecule has 1 amide bonds. The molecule has 0 unspecified atom stereocenters. The molecule has 1 aromatic rings. The summed E-state index contributed by atoms with van der Waals surface area (Å²) in [6, 6.07) is 8.64. The predicted octanol–water partition coefficient (Wildman–Crippen LogP) is 2.31. The van der Waals surface area contributed by atoms with E-state index in [4.69, 9.17) is 0 Å². The van der Waals surface area contributed by atoms with Crippen molar-refractivity contribution in [3.8, 4) is 0 Å². The second kappa shape index (κ2) is 5.74. The van der Waals surface area contributed by atoms with Crippen molar-refractivity contribution in [1.29, 1.82) is 0 Å². The van der Waals surface area contributed by atoms with Crippen LogP contribution in [-0.4, -0.2) is 30.4 Å². The molecule has 1 heterocycles. The summed E-state index contributed by atoms with van der Waals surface area (Å²) in [6.45, 7) is 9.87. The average Bonchev–Trinajstić information content (AvgIpc) is 2.55. The standard InChI is InChI=1S/C16H24N2O/c1-16(2,3)14-6-4-13(5-7-14)12-18-11-10-17-9-8-15(18)19/h4-7,17H,8-12H2,1-3H3. The maximum absolute atomic E-state index is 11.9. The lowest BCUT2D eigenvalue weighted by Gasteiger charge is -2.22. The number of amides is 1. The van der Waals surface area contributed by atoms with E-state index in [0.717, 1.165) is 26.2 Å². The minimum absolute atomic E-state index is 0.181. The van der Waals surface area contributed by atoms with Gasteiger partial charge in [0.25, 0.3) is 0 Å². The molecule has 0 bridgehead atoms. The van der Waals surface area contributed by atoms with Gasteiger partial charge in [-0.25, -0.2) is 0 Å². The number of hydrogen-bond donors (Lipinski definition) is 1. The normalized spacial score (nSPS) is 17.4. The van der Waals surface area contributed by atoms with E-state index in [1.54, 1.807) is 0 Å². The van der Waals surface area contributed by atoms with E-state index in [1.165, 1.54) is 11.1 Å². The van der Waals surface area contributed by atoms with Crippen LogP contribution in [-0.2, 0) is 16.8 Å². The quantitative estimate of drug-likeness (QED) is 0.885. The monoisotopic (exact) mass is 260 g/mol. The Hall–Kier alpha value is -1.35. The Morgan fingerprint density at radius 1 is 1.16 bits per heavy atom. The molecule has 1 aliphatic heterocycles. The molecule has 0 atom stereocenters. The van der Waals surface area contributed by atoms with E-state index < -0.39 is 0 Å². The van der Waals surface area contributed by atoms with E-state index in [-0.39, 0.29) is 11.3 Å². The predicted molar refractivity (Wildman–Crippen MR) is 78.0 cm³/mol. The van der Waals surface area contributed by atoms with Crippen molar-refractivity contribution in [3.05, 3.63) is 35.4 Å². The lowest BCUT2D eigenvalue weighted by Crippen LogP contribution is -2.31. The van der Waals surface area contributed by atoms with Gasteiger partial charge in [0.15, 0.2) is 0 Å². The second-order valence-corrected chi connectivity index (χ2v) is 6.26. The minimum Gasteiger partial charge on any atom is -0.337 e. The van der Waals surface area contributed by atoms with E-state index in [2.05, 4.69) is 50.4 Å². The van der Waals surface area contributed by atoms with Gasteiger partial charge in [0.1, 0.15) is 0 Å². The smallest absolute Gasteiger partial charge is 0.224 e. The third kappa shape index (κ3) is 3.80. The van der Waals surface area contributed by atoms with Gasteiger partial charge < -0.3 is 10.2 Å². The number of nitrogens with zero attached hydrogens (tertiary/aromatic N) is 1. The number of nitrogens with one attached hydrogen (secondary N) is 1. The van der Waals surface area contributed by atoms with Crippen LogP contribution in [0.1, 0.15) is 38.3 Å². The zero-order chi connectivity index (χ0) is 13.9. The largest absolute Gasteiger partial charge is 0.337 e. The zero-order valence-corrected chi connectivity index (χ0v) is 12.2. The Bertz CT molecular complexity index is 431. The lowest BCUT2D eigenvalue weighted by molar-refractivity contribution is -0.130. The average molecular weight is 260 g/mol. The molecule has 0 aliphatic carbocycles. The molecule has 0 aromatic heterocycles. The van der Waals surface area contributed by atoms with Gasteiger partial charge >= 0.3 is 0 Å². The highest BCUT2D eigenvalue weighted by Gasteiger charge is 2.17. The first kappa shape index (κ1) is 14.1. The van der Waals surface area contributed by atoms with Gasteiger partial charge in [-0.2, -0.15) is 0 Å². The SMILES string of the molecule is CC(C)(C)c1ccc(CN2CCNCCC2=O)cc1. The Morgan fingerprint density at radius 3 is 2.47 bits per heavy atom. The van der Waals surface area contributed by atoms with E-state index in [0.29, 0.717) is 6.42 Å². The van der Waals surface area contributed by atoms with Crippen LogP contribution in [0, 0.1) is 0 Å². The minimum atomic E-state index is 0.181. The number of benzene rings is 1. The molecule has 0 spiro atoms. The van der Waals surface area contributed by atoms with Gasteiger partial charge in [0, 0.05) is 32.6 Å². The highest BCUT2D eigenvalue weighted by atomic mass is 16.2. The fourth-order valence-corrected chi connectivity index (χ4v) is 2.31. The van der Waals surface area contributed by atoms with Crippen molar-refractivity contribution in [1.82, 2.24) is 10.2 Å². The summed E-state index contributed by atoms with van der Waals surface area (Å²) in [6.07, 6.45) is 0.611. The van der Waals surface area contributed by atoms with E-state index in [1.807, 2.05) is 4.90 Å². The Kier molecular flexibility index (Phi) is 4.25. The molecule has 1 aliphatic rings. The van der Waals surface area contributed by atoms with Crippen LogP contribution in [0.2, 0.25) is 0 Å². The van der Waals surface area contributed by atoms with Crippen LogP contribution in [0.3, 0.4) is 0 Å². The fourth-order valence-electron chi connectivity index (χ4n) is 2.31. The van der Waals surface area contributed by atoms with Crippen LogP contribution in [0.4, 0.5) is 0 Å². The third-order valence-corrected chi connectivity index (χ3v) is 3.62. The molecule has 1 aromatic carbocycles. The third-order valence-electron chi connectivity index (χ3n) is 3.62. The van der Waals surface area contributed by atoms with Gasteiger partial charge in [-0.3, -0.25) is 4.79 Å². The molecule has 1 N–H and O–H groups in total. The van der Waals surface area contributed by atoms with Crippen LogP contribution in [0.5, 0.6) is 0 Å². The van der Waals surface area contributed by atoms with Gasteiger partial charge in [0.2, 0.25) is 5.91 Å². The highest BCUT2D eigenvalue weighted by molar-refractivity contribution is 5.76. The number of rotatable bonds is 2. The molecule has 104 valence electrons. The van der Waals surface area contributed by atoms with Crippen LogP contribution in [0.25, 0.3) is 0 Å². The van der Waals surface area contributed by atoms with Gasteiger partial charge in [-0.15, -0.1) is 0 Å². The molecule has 3 heteroatoms. The first-order valence-corrected chi connectivity index (χ1v) is 7.05. The molecule has 1 saturated heterocycles. The van der Waals surface area contributed by atoms with Crippen LogP contribution in [0.15, 0.2) is 24.3 Å². The summed E-state index contributed by atoms with van der Waals surface area (Å²) in [7, 11) is 0. The first-order chi connectivity index (χ1) is 8.97. The Balaban J connectivity index is 2.04. The summed E-state index contributed by atoms with van der Waals surface area (Å²) in [5.41, 5.74) is 2.73. The van der Waals surface area contributed by atoms with Gasteiger partial charge in [-0.05, 0) is 16.5 Å². The number of carbonyl (C=O) groups excluding carboxylic acids is 1. The van der Waals surface area contributed by atoms with Crippen LogP contribution < -0.4 is 5.32 Å². The summed E-state index contributed by atoms with van der Waals surface area (Å²) < 4.78 is 0. The van der Waals surface area contributed by atoms with E-state index in [9.17, 15) is 4.79 Å². The number of hydrogen-bond acceptors (Lipinski definition) is 2. The Morgan fingerprint density at radius 2 is 1.84 bits per heavy atom. The van der Waals surface area contributed by atoms with Gasteiger partial charge in [-0.1, -0.05) is 45.0 Å². The molecule has 3 nitrogen and oxygen atoms in total. The molecule has 0 saturated carbocycles. The Labute approximate surface area is 116 Å². The molecule has 19 heavy (non-hydrogen) atoms. The number of carbonyl (C=O) groups is 1. The second-order valence-electron chi connectivity index (χ2n) is 6.26.